The first-order chi connectivity index (χ1) is 8.58. The highest BCUT2D eigenvalue weighted by molar-refractivity contribution is 6.31. The third kappa shape index (κ3) is 2.68. The van der Waals surface area contributed by atoms with Crippen molar-refractivity contribution in [3.8, 4) is 5.75 Å². The Balaban J connectivity index is 2.26. The Bertz CT molecular complexity index is 543. The molecule has 0 spiro atoms. The normalized spacial score (nSPS) is 10.2. The van der Waals surface area contributed by atoms with E-state index in [1.54, 1.807) is 11.1 Å². The highest BCUT2D eigenvalue weighted by Crippen LogP contribution is 2.29. The lowest BCUT2D eigenvalue weighted by molar-refractivity contribution is 0.303. The van der Waals surface area contributed by atoms with E-state index in [2.05, 4.69) is 0 Å². The Kier molecular flexibility index (Phi) is 3.63. The van der Waals surface area contributed by atoms with Gasteiger partial charge in [-0.05, 0) is 36.8 Å². The summed E-state index contributed by atoms with van der Waals surface area (Å²) in [5.74, 6) is 0.762. The number of halogens is 1. The van der Waals surface area contributed by atoms with Crippen LogP contribution in [0.3, 0.4) is 0 Å². The molecule has 94 valence electrons. The van der Waals surface area contributed by atoms with Crippen molar-refractivity contribution in [1.82, 2.24) is 0 Å². The van der Waals surface area contributed by atoms with Gasteiger partial charge in [0.2, 0.25) is 0 Å². The second-order valence-corrected chi connectivity index (χ2v) is 4.48. The Labute approximate surface area is 112 Å². The van der Waals surface area contributed by atoms with Crippen molar-refractivity contribution >= 4 is 23.0 Å². The summed E-state index contributed by atoms with van der Waals surface area (Å²) in [4.78, 5) is 5.71. The quantitative estimate of drug-likeness (QED) is 0.678. The van der Waals surface area contributed by atoms with E-state index in [0.717, 1.165) is 17.0 Å². The Hall–Kier alpha value is -1.87. The van der Waals surface area contributed by atoms with Gasteiger partial charge >= 0.3 is 0 Å². The maximum atomic E-state index is 6.01. The van der Waals surface area contributed by atoms with E-state index in [-0.39, 0.29) is 0 Å². The van der Waals surface area contributed by atoms with E-state index in [9.17, 15) is 0 Å². The fourth-order valence-electron chi connectivity index (χ4n) is 1.70. The summed E-state index contributed by atoms with van der Waals surface area (Å²) in [6, 6.07) is 13.1. The lowest BCUT2D eigenvalue weighted by Gasteiger charge is -2.22. The molecule has 2 N–H and O–H groups in total. The molecule has 0 aliphatic rings. The topological polar surface area (TPSA) is 38.5 Å². The first kappa shape index (κ1) is 12.6. The summed E-state index contributed by atoms with van der Waals surface area (Å²) < 4.78 is 0. The van der Waals surface area contributed by atoms with Crippen LogP contribution in [-0.4, -0.2) is 7.05 Å². The second kappa shape index (κ2) is 5.19. The molecule has 0 aromatic heterocycles. The minimum absolute atomic E-state index is 0.594. The monoisotopic (exact) mass is 262 g/mol. The van der Waals surface area contributed by atoms with Crippen LogP contribution in [0.15, 0.2) is 42.5 Å². The minimum atomic E-state index is 0.594. The lowest BCUT2D eigenvalue weighted by atomic mass is 10.1. The molecule has 0 unspecified atom stereocenters. The zero-order valence-electron chi connectivity index (χ0n) is 10.4. The van der Waals surface area contributed by atoms with Crippen LogP contribution >= 0.6 is 11.6 Å². The second-order valence-electron chi connectivity index (χ2n) is 4.04. The summed E-state index contributed by atoms with van der Waals surface area (Å²) in [7, 11) is 1.82. The molecule has 3 nitrogen and oxygen atoms in total. The van der Waals surface area contributed by atoms with Crippen molar-refractivity contribution in [3.63, 3.8) is 0 Å². The predicted molar refractivity (Wildman–Crippen MR) is 76.1 cm³/mol. The van der Waals surface area contributed by atoms with Gasteiger partial charge in [0.1, 0.15) is 0 Å². The Morgan fingerprint density at radius 1 is 1.17 bits per heavy atom. The van der Waals surface area contributed by atoms with Gasteiger partial charge in [-0.1, -0.05) is 29.8 Å². The van der Waals surface area contributed by atoms with Gasteiger partial charge in [0.25, 0.3) is 0 Å². The average molecular weight is 263 g/mol. The highest BCUT2D eigenvalue weighted by Gasteiger charge is 2.10. The maximum Gasteiger partial charge on any atom is 0.155 e. The van der Waals surface area contributed by atoms with Gasteiger partial charge in [0.15, 0.2) is 5.75 Å². The van der Waals surface area contributed by atoms with E-state index in [1.807, 2.05) is 50.4 Å². The molecule has 2 aromatic carbocycles. The van der Waals surface area contributed by atoms with Crippen LogP contribution in [0, 0.1) is 6.92 Å². The number of nitrogen functional groups attached to an aromatic ring is 1. The van der Waals surface area contributed by atoms with Gasteiger partial charge in [-0.2, -0.15) is 0 Å². The first-order valence-corrected chi connectivity index (χ1v) is 5.98. The van der Waals surface area contributed by atoms with Crippen LogP contribution < -0.4 is 15.6 Å². The van der Waals surface area contributed by atoms with E-state index in [0.29, 0.717) is 10.7 Å². The number of para-hydroxylation sites is 1. The van der Waals surface area contributed by atoms with Gasteiger partial charge < -0.3 is 10.6 Å². The Morgan fingerprint density at radius 3 is 2.50 bits per heavy atom. The summed E-state index contributed by atoms with van der Waals surface area (Å²) in [5.41, 5.74) is 8.33. The molecule has 0 heterocycles. The van der Waals surface area contributed by atoms with Crippen LogP contribution in [0.5, 0.6) is 5.75 Å². The first-order valence-electron chi connectivity index (χ1n) is 5.60. The maximum absolute atomic E-state index is 6.01. The number of hydroxylamine groups is 1. The smallest absolute Gasteiger partial charge is 0.155 e. The highest BCUT2D eigenvalue weighted by atomic mass is 35.5. The van der Waals surface area contributed by atoms with Crippen molar-refractivity contribution in [2.45, 2.75) is 6.92 Å². The largest absolute Gasteiger partial charge is 0.398 e. The summed E-state index contributed by atoms with van der Waals surface area (Å²) in [6.45, 7) is 1.94. The van der Waals surface area contributed by atoms with E-state index >= 15 is 0 Å². The molecule has 0 atom stereocenters. The van der Waals surface area contributed by atoms with Crippen molar-refractivity contribution in [2.24, 2.45) is 0 Å². The summed E-state index contributed by atoms with van der Waals surface area (Å²) >= 11 is 6.01. The van der Waals surface area contributed by atoms with Crippen molar-refractivity contribution < 1.29 is 4.84 Å². The van der Waals surface area contributed by atoms with Crippen LogP contribution in [0.25, 0.3) is 0 Å². The standard InChI is InChI=1S/C14H15ClN2O/c1-10-13(16)8-11(15)9-14(10)17(2)18-12-6-4-3-5-7-12/h3-9H,16H2,1-2H3. The number of anilines is 2. The molecule has 2 rings (SSSR count). The fraction of sp³-hybridized carbons (Fsp3) is 0.143. The van der Waals surface area contributed by atoms with Gasteiger partial charge in [0.05, 0.1) is 5.69 Å². The van der Waals surface area contributed by atoms with E-state index < -0.39 is 0 Å². The fourth-order valence-corrected chi connectivity index (χ4v) is 1.92. The van der Waals surface area contributed by atoms with Crippen molar-refractivity contribution in [1.29, 1.82) is 0 Å². The van der Waals surface area contributed by atoms with Crippen LogP contribution in [0.2, 0.25) is 5.02 Å². The zero-order chi connectivity index (χ0) is 13.1. The van der Waals surface area contributed by atoms with Crippen LogP contribution in [-0.2, 0) is 0 Å². The Morgan fingerprint density at radius 2 is 1.83 bits per heavy atom. The van der Waals surface area contributed by atoms with Gasteiger partial charge in [-0.25, -0.2) is 5.06 Å². The number of hydrogen-bond donors (Lipinski definition) is 1. The average Bonchev–Trinajstić information content (AvgIpc) is 2.35. The third-order valence-electron chi connectivity index (χ3n) is 2.71. The number of nitrogens with zero attached hydrogens (tertiary/aromatic N) is 1. The van der Waals surface area contributed by atoms with Crippen LogP contribution in [0.1, 0.15) is 5.56 Å². The molecular formula is C14H15ClN2O. The molecular weight excluding hydrogens is 248 g/mol. The number of rotatable bonds is 3. The molecule has 0 saturated heterocycles. The molecule has 0 fully saturated rings. The molecule has 4 heteroatoms. The molecule has 18 heavy (non-hydrogen) atoms. The molecule has 0 amide bonds. The molecule has 0 aliphatic heterocycles. The molecule has 0 saturated carbocycles. The molecule has 2 aromatic rings. The molecule has 0 radical (unpaired) electrons. The molecule has 0 aliphatic carbocycles. The van der Waals surface area contributed by atoms with E-state index in [1.165, 1.54) is 0 Å². The number of hydrogen-bond acceptors (Lipinski definition) is 3. The zero-order valence-corrected chi connectivity index (χ0v) is 11.1. The minimum Gasteiger partial charge on any atom is -0.398 e. The van der Waals surface area contributed by atoms with E-state index in [4.69, 9.17) is 22.2 Å². The van der Waals surface area contributed by atoms with Gasteiger partial charge in [0, 0.05) is 17.8 Å². The van der Waals surface area contributed by atoms with Crippen LogP contribution in [0.4, 0.5) is 11.4 Å². The lowest BCUT2D eigenvalue weighted by Crippen LogP contribution is -2.22. The van der Waals surface area contributed by atoms with Gasteiger partial charge in [-0.3, -0.25) is 0 Å². The third-order valence-corrected chi connectivity index (χ3v) is 2.93. The van der Waals surface area contributed by atoms with Crippen molar-refractivity contribution in [3.05, 3.63) is 53.1 Å². The van der Waals surface area contributed by atoms with Crippen molar-refractivity contribution in [2.75, 3.05) is 17.8 Å². The summed E-state index contributed by atoms with van der Waals surface area (Å²) in [6.07, 6.45) is 0. The number of nitrogens with two attached hydrogens (primary N) is 1. The summed E-state index contributed by atoms with van der Waals surface area (Å²) in [5, 5.41) is 2.25. The van der Waals surface area contributed by atoms with Gasteiger partial charge in [-0.15, -0.1) is 0 Å². The predicted octanol–water partition coefficient (Wildman–Crippen LogP) is 3.66. The molecule has 0 bridgehead atoms. The SMILES string of the molecule is Cc1c(N)cc(Cl)cc1N(C)Oc1ccccc1. The number of benzene rings is 2.